The van der Waals surface area contributed by atoms with Crippen molar-refractivity contribution in [2.24, 2.45) is 7.05 Å². The summed E-state index contributed by atoms with van der Waals surface area (Å²) in [6.07, 6.45) is 1.57. The predicted molar refractivity (Wildman–Crippen MR) is 78.8 cm³/mol. The second kappa shape index (κ2) is 5.36. The van der Waals surface area contributed by atoms with E-state index in [4.69, 9.17) is 4.74 Å². The number of aryl methyl sites for hydroxylation is 1. The van der Waals surface area contributed by atoms with Gasteiger partial charge in [0.2, 0.25) is 5.88 Å². The van der Waals surface area contributed by atoms with Gasteiger partial charge in [-0.25, -0.2) is 9.78 Å². The van der Waals surface area contributed by atoms with Gasteiger partial charge in [0.05, 0.1) is 5.69 Å². The fourth-order valence-electron chi connectivity index (χ4n) is 1.61. The van der Waals surface area contributed by atoms with Gasteiger partial charge in [0.1, 0.15) is 5.69 Å². The zero-order valence-electron chi connectivity index (χ0n) is 11.8. The summed E-state index contributed by atoms with van der Waals surface area (Å²) in [7, 11) is 1.72. The van der Waals surface area contributed by atoms with Crippen molar-refractivity contribution in [2.75, 3.05) is 0 Å². The highest BCUT2D eigenvalue weighted by Crippen LogP contribution is 2.22. The van der Waals surface area contributed by atoms with Crippen LogP contribution in [-0.4, -0.2) is 20.7 Å². The van der Waals surface area contributed by atoms with E-state index in [9.17, 15) is 4.79 Å². The summed E-state index contributed by atoms with van der Waals surface area (Å²) in [5, 5.41) is 4.35. The summed E-state index contributed by atoms with van der Waals surface area (Å²) in [5.74, 6) is -0.219. The lowest BCUT2D eigenvalue weighted by atomic mass is 9.92. The topological polar surface area (TPSA) is 57.0 Å². The van der Waals surface area contributed by atoms with E-state index in [-0.39, 0.29) is 11.3 Å². The number of esters is 1. The smallest absolute Gasteiger partial charge is 0.363 e. The van der Waals surface area contributed by atoms with Crippen molar-refractivity contribution in [2.45, 2.75) is 26.2 Å². The molecule has 0 aliphatic carbocycles. The molecule has 20 heavy (non-hydrogen) atoms. The van der Waals surface area contributed by atoms with Gasteiger partial charge in [-0.3, -0.25) is 4.68 Å². The number of pyridine rings is 1. The van der Waals surface area contributed by atoms with Crippen LogP contribution in [0.2, 0.25) is 0 Å². The zero-order chi connectivity index (χ0) is 14.9. The zero-order valence-corrected chi connectivity index (χ0v) is 13.4. The molecule has 2 rings (SSSR count). The van der Waals surface area contributed by atoms with E-state index in [0.29, 0.717) is 5.69 Å². The lowest BCUT2D eigenvalue weighted by Crippen LogP contribution is -2.14. The Balaban J connectivity index is 2.24. The lowest BCUT2D eigenvalue weighted by molar-refractivity contribution is 0.0716. The van der Waals surface area contributed by atoms with Gasteiger partial charge in [0.25, 0.3) is 0 Å². The Bertz CT molecular complexity index is 644. The van der Waals surface area contributed by atoms with Crippen molar-refractivity contribution >= 4 is 21.9 Å². The Morgan fingerprint density at radius 3 is 2.60 bits per heavy atom. The maximum absolute atomic E-state index is 12.1. The molecule has 0 aliphatic rings. The fourth-order valence-corrected chi connectivity index (χ4v) is 1.93. The first kappa shape index (κ1) is 14.7. The van der Waals surface area contributed by atoms with Gasteiger partial charge in [-0.05, 0) is 12.1 Å². The van der Waals surface area contributed by atoms with E-state index in [1.54, 1.807) is 31.4 Å². The molecule has 0 aromatic carbocycles. The Hall–Kier alpha value is -1.69. The third-order valence-corrected chi connectivity index (χ3v) is 3.24. The molecule has 0 bridgehead atoms. The summed E-state index contributed by atoms with van der Waals surface area (Å²) < 4.78 is 7.58. The van der Waals surface area contributed by atoms with E-state index in [1.807, 2.05) is 20.8 Å². The monoisotopic (exact) mass is 337 g/mol. The average Bonchev–Trinajstić information content (AvgIpc) is 2.71. The molecule has 6 heteroatoms. The van der Waals surface area contributed by atoms with Gasteiger partial charge in [0.15, 0.2) is 0 Å². The SMILES string of the molecule is Cn1nc(C(C)(C)C)cc1C(=O)Oc1cc(Br)ccn1. The van der Waals surface area contributed by atoms with E-state index in [2.05, 4.69) is 26.0 Å². The van der Waals surface area contributed by atoms with Crippen molar-refractivity contribution < 1.29 is 9.53 Å². The number of rotatable bonds is 2. The quantitative estimate of drug-likeness (QED) is 0.790. The standard InChI is InChI=1S/C14H16BrN3O2/c1-14(2,3)11-8-10(18(4)17-11)13(19)20-12-7-9(15)5-6-16-12/h5-8H,1-4H3. The number of ether oxygens (including phenoxy) is 1. The number of hydrogen-bond donors (Lipinski definition) is 0. The van der Waals surface area contributed by atoms with Crippen molar-refractivity contribution in [3.63, 3.8) is 0 Å². The van der Waals surface area contributed by atoms with Gasteiger partial charge >= 0.3 is 5.97 Å². The average molecular weight is 338 g/mol. The van der Waals surface area contributed by atoms with Gasteiger partial charge in [0, 0.05) is 29.2 Å². The molecule has 2 aromatic heterocycles. The Kier molecular flexibility index (Phi) is 3.94. The lowest BCUT2D eigenvalue weighted by Gasteiger charge is -2.13. The van der Waals surface area contributed by atoms with E-state index in [0.717, 1.165) is 10.2 Å². The summed E-state index contributed by atoms with van der Waals surface area (Å²) in [4.78, 5) is 16.1. The van der Waals surface area contributed by atoms with Gasteiger partial charge in [-0.15, -0.1) is 0 Å². The molecular weight excluding hydrogens is 322 g/mol. The molecule has 5 nitrogen and oxygen atoms in total. The van der Waals surface area contributed by atoms with E-state index >= 15 is 0 Å². The number of halogens is 1. The number of aromatic nitrogens is 3. The van der Waals surface area contributed by atoms with Crippen LogP contribution in [-0.2, 0) is 12.5 Å². The largest absolute Gasteiger partial charge is 0.403 e. The van der Waals surface area contributed by atoms with Crippen LogP contribution < -0.4 is 4.74 Å². The molecule has 2 aromatic rings. The maximum Gasteiger partial charge on any atom is 0.363 e. The first-order valence-electron chi connectivity index (χ1n) is 6.15. The summed E-state index contributed by atoms with van der Waals surface area (Å²) >= 11 is 3.30. The number of nitrogens with zero attached hydrogens (tertiary/aromatic N) is 3. The number of hydrogen-bond acceptors (Lipinski definition) is 4. The van der Waals surface area contributed by atoms with Crippen LogP contribution >= 0.6 is 15.9 Å². The highest BCUT2D eigenvalue weighted by molar-refractivity contribution is 9.10. The van der Waals surface area contributed by atoms with Gasteiger partial charge in [-0.1, -0.05) is 36.7 Å². The Morgan fingerprint density at radius 1 is 1.35 bits per heavy atom. The predicted octanol–water partition coefficient (Wildman–Crippen LogP) is 3.09. The molecule has 0 amide bonds. The van der Waals surface area contributed by atoms with Crippen LogP contribution in [0, 0.1) is 0 Å². The molecule has 106 valence electrons. The molecule has 0 saturated carbocycles. The molecule has 0 saturated heterocycles. The van der Waals surface area contributed by atoms with Crippen LogP contribution in [0.5, 0.6) is 5.88 Å². The highest BCUT2D eigenvalue weighted by atomic mass is 79.9. The normalized spacial score (nSPS) is 11.4. The second-order valence-corrected chi connectivity index (χ2v) is 6.41. The minimum Gasteiger partial charge on any atom is -0.403 e. The molecule has 2 heterocycles. The van der Waals surface area contributed by atoms with Crippen LogP contribution in [0.1, 0.15) is 37.0 Å². The maximum atomic E-state index is 12.1. The van der Waals surface area contributed by atoms with E-state index in [1.165, 1.54) is 4.68 Å². The van der Waals surface area contributed by atoms with E-state index < -0.39 is 5.97 Å². The number of carbonyl (C=O) groups is 1. The van der Waals surface area contributed by atoms with Crippen molar-refractivity contribution in [3.8, 4) is 5.88 Å². The molecule has 0 N–H and O–H groups in total. The van der Waals surface area contributed by atoms with Crippen LogP contribution in [0.25, 0.3) is 0 Å². The van der Waals surface area contributed by atoms with Crippen LogP contribution in [0.4, 0.5) is 0 Å². The van der Waals surface area contributed by atoms with Crippen molar-refractivity contribution in [1.29, 1.82) is 0 Å². The molecule has 0 spiro atoms. The first-order valence-corrected chi connectivity index (χ1v) is 6.95. The fraction of sp³-hybridized carbons (Fsp3) is 0.357. The molecule has 0 unspecified atom stereocenters. The Morgan fingerprint density at radius 2 is 2.05 bits per heavy atom. The van der Waals surface area contributed by atoms with Crippen LogP contribution in [0.3, 0.4) is 0 Å². The minimum absolute atomic E-state index is 0.121. The molecule has 0 radical (unpaired) electrons. The molecule has 0 atom stereocenters. The summed E-state index contributed by atoms with van der Waals surface area (Å²) in [5.41, 5.74) is 1.12. The molecule has 0 aliphatic heterocycles. The van der Waals surface area contributed by atoms with Crippen molar-refractivity contribution in [3.05, 3.63) is 40.3 Å². The van der Waals surface area contributed by atoms with Gasteiger partial charge in [-0.2, -0.15) is 5.10 Å². The second-order valence-electron chi connectivity index (χ2n) is 5.49. The Labute approximate surface area is 126 Å². The number of carbonyl (C=O) groups excluding carboxylic acids is 1. The van der Waals surface area contributed by atoms with Gasteiger partial charge < -0.3 is 4.74 Å². The van der Waals surface area contributed by atoms with Crippen LogP contribution in [0.15, 0.2) is 28.9 Å². The highest BCUT2D eigenvalue weighted by Gasteiger charge is 2.22. The molecular formula is C14H16BrN3O2. The van der Waals surface area contributed by atoms with Crippen molar-refractivity contribution in [1.82, 2.24) is 14.8 Å². The minimum atomic E-state index is -0.471. The third-order valence-electron chi connectivity index (χ3n) is 2.75. The molecule has 0 fully saturated rings. The first-order chi connectivity index (χ1) is 9.27. The summed E-state index contributed by atoms with van der Waals surface area (Å²) in [6, 6.07) is 5.15. The third kappa shape index (κ3) is 3.25. The summed E-state index contributed by atoms with van der Waals surface area (Å²) in [6.45, 7) is 6.13.